The second-order valence-electron chi connectivity index (χ2n) is 4.89. The van der Waals surface area contributed by atoms with E-state index in [0.29, 0.717) is 12.4 Å². The molecule has 1 fully saturated rings. The van der Waals surface area contributed by atoms with Gasteiger partial charge in [0.25, 0.3) is 0 Å². The molecule has 0 amide bonds. The predicted molar refractivity (Wildman–Crippen MR) is 67.7 cm³/mol. The van der Waals surface area contributed by atoms with E-state index in [1.165, 1.54) is 6.07 Å². The minimum Gasteiger partial charge on any atom is -0.373 e. The number of hydrogen-bond acceptors (Lipinski definition) is 5. The number of pyridine rings is 1. The molecule has 6 nitrogen and oxygen atoms in total. The quantitative estimate of drug-likeness (QED) is 0.656. The molecular weight excluding hydrogens is 234 g/mol. The molecule has 6 heteroatoms. The standard InChI is InChI=1S/C12H17N3O3/c1-9-6-10(15(16)17)11(13-7-9)14-8-12(2)4-3-5-18-12/h6-7H,3-5,8H2,1-2H3,(H,13,14). The molecule has 1 saturated heterocycles. The van der Waals surface area contributed by atoms with E-state index in [4.69, 9.17) is 4.74 Å². The largest absolute Gasteiger partial charge is 0.373 e. The van der Waals surface area contributed by atoms with Crippen LogP contribution in [0.5, 0.6) is 0 Å². The van der Waals surface area contributed by atoms with Crippen LogP contribution in [0.25, 0.3) is 0 Å². The zero-order chi connectivity index (χ0) is 13.2. The minimum absolute atomic E-state index is 0.0107. The van der Waals surface area contributed by atoms with Crippen LogP contribution in [0.1, 0.15) is 25.3 Å². The fraction of sp³-hybridized carbons (Fsp3) is 0.583. The SMILES string of the molecule is Cc1cnc(NCC2(C)CCCO2)c([N+](=O)[O-])c1. The van der Waals surface area contributed by atoms with Gasteiger partial charge >= 0.3 is 5.69 Å². The first kappa shape index (κ1) is 12.8. The van der Waals surface area contributed by atoms with Gasteiger partial charge in [-0.3, -0.25) is 10.1 Å². The van der Waals surface area contributed by atoms with Crippen molar-refractivity contribution < 1.29 is 9.66 Å². The molecule has 0 spiro atoms. The van der Waals surface area contributed by atoms with Crippen LogP contribution < -0.4 is 5.32 Å². The smallest absolute Gasteiger partial charge is 0.311 e. The summed E-state index contributed by atoms with van der Waals surface area (Å²) in [6.07, 6.45) is 3.61. The lowest BCUT2D eigenvalue weighted by atomic mass is 10.0. The van der Waals surface area contributed by atoms with E-state index in [1.807, 2.05) is 6.92 Å². The third-order valence-corrected chi connectivity index (χ3v) is 3.13. The average Bonchev–Trinajstić information content (AvgIpc) is 2.75. The van der Waals surface area contributed by atoms with E-state index in [-0.39, 0.29) is 11.3 Å². The number of ether oxygens (including phenoxy) is 1. The Labute approximate surface area is 106 Å². The second kappa shape index (κ2) is 4.89. The van der Waals surface area contributed by atoms with E-state index in [2.05, 4.69) is 10.3 Å². The average molecular weight is 251 g/mol. The Morgan fingerprint density at radius 3 is 3.06 bits per heavy atom. The van der Waals surface area contributed by atoms with E-state index in [9.17, 15) is 10.1 Å². The van der Waals surface area contributed by atoms with Crippen molar-refractivity contribution in [3.8, 4) is 0 Å². The van der Waals surface area contributed by atoms with Gasteiger partial charge in [-0.05, 0) is 32.3 Å². The lowest BCUT2D eigenvalue weighted by Crippen LogP contribution is -2.32. The molecule has 1 aromatic rings. The number of nitrogens with one attached hydrogen (secondary N) is 1. The van der Waals surface area contributed by atoms with E-state index in [0.717, 1.165) is 25.0 Å². The van der Waals surface area contributed by atoms with Crippen molar-refractivity contribution in [2.45, 2.75) is 32.3 Å². The van der Waals surface area contributed by atoms with E-state index in [1.54, 1.807) is 13.1 Å². The monoisotopic (exact) mass is 251 g/mol. The fourth-order valence-electron chi connectivity index (χ4n) is 2.08. The van der Waals surface area contributed by atoms with Crippen molar-refractivity contribution >= 4 is 11.5 Å². The summed E-state index contributed by atoms with van der Waals surface area (Å²) in [6, 6.07) is 1.52. The summed E-state index contributed by atoms with van der Waals surface area (Å²) in [4.78, 5) is 14.6. The minimum atomic E-state index is -0.416. The lowest BCUT2D eigenvalue weighted by molar-refractivity contribution is -0.384. The first-order chi connectivity index (χ1) is 8.50. The van der Waals surface area contributed by atoms with Gasteiger partial charge in [-0.25, -0.2) is 4.98 Å². The summed E-state index contributed by atoms with van der Waals surface area (Å²) in [5.74, 6) is 0.308. The van der Waals surface area contributed by atoms with Gasteiger partial charge in [-0.1, -0.05) is 0 Å². The number of rotatable bonds is 4. The van der Waals surface area contributed by atoms with Crippen molar-refractivity contribution in [3.63, 3.8) is 0 Å². The normalized spacial score (nSPS) is 23.0. The molecule has 1 unspecified atom stereocenters. The molecule has 0 aromatic carbocycles. The Bertz CT molecular complexity index is 456. The Balaban J connectivity index is 2.11. The molecule has 0 radical (unpaired) electrons. The van der Waals surface area contributed by atoms with Gasteiger partial charge in [-0.15, -0.1) is 0 Å². The van der Waals surface area contributed by atoms with Gasteiger partial charge < -0.3 is 10.1 Å². The van der Waals surface area contributed by atoms with Crippen LogP contribution in [0, 0.1) is 17.0 Å². The van der Waals surface area contributed by atoms with Gasteiger partial charge in [0, 0.05) is 25.4 Å². The highest BCUT2D eigenvalue weighted by molar-refractivity contribution is 5.56. The lowest BCUT2D eigenvalue weighted by Gasteiger charge is -2.23. The van der Waals surface area contributed by atoms with Crippen LogP contribution in [0.15, 0.2) is 12.3 Å². The number of aromatic nitrogens is 1. The molecule has 1 atom stereocenters. The Kier molecular flexibility index (Phi) is 3.47. The van der Waals surface area contributed by atoms with Crippen LogP contribution in [-0.2, 0) is 4.74 Å². The molecule has 2 rings (SSSR count). The third kappa shape index (κ3) is 2.76. The number of aryl methyl sites for hydroxylation is 1. The fourth-order valence-corrected chi connectivity index (χ4v) is 2.08. The summed E-state index contributed by atoms with van der Waals surface area (Å²) in [6.45, 7) is 5.07. The summed E-state index contributed by atoms with van der Waals surface area (Å²) in [7, 11) is 0. The van der Waals surface area contributed by atoms with Crippen LogP contribution in [0.4, 0.5) is 11.5 Å². The molecule has 1 aliphatic heterocycles. The second-order valence-corrected chi connectivity index (χ2v) is 4.89. The topological polar surface area (TPSA) is 77.3 Å². The highest BCUT2D eigenvalue weighted by Gasteiger charge is 2.30. The molecule has 1 aliphatic rings. The molecule has 1 N–H and O–H groups in total. The molecule has 1 aromatic heterocycles. The summed E-state index contributed by atoms with van der Waals surface area (Å²) < 4.78 is 5.63. The van der Waals surface area contributed by atoms with Gasteiger partial charge in [0.2, 0.25) is 5.82 Å². The number of nitrogens with zero attached hydrogens (tertiary/aromatic N) is 2. The maximum absolute atomic E-state index is 10.9. The van der Waals surface area contributed by atoms with E-state index < -0.39 is 4.92 Å². The van der Waals surface area contributed by atoms with Crippen molar-refractivity contribution in [2.75, 3.05) is 18.5 Å². The Morgan fingerprint density at radius 1 is 1.67 bits per heavy atom. The van der Waals surface area contributed by atoms with Gasteiger partial charge in [0.1, 0.15) is 0 Å². The van der Waals surface area contributed by atoms with E-state index >= 15 is 0 Å². The summed E-state index contributed by atoms with van der Waals surface area (Å²) >= 11 is 0. The predicted octanol–water partition coefficient (Wildman–Crippen LogP) is 2.28. The van der Waals surface area contributed by atoms with Gasteiger partial charge in [0.05, 0.1) is 10.5 Å². The molecule has 18 heavy (non-hydrogen) atoms. The zero-order valence-electron chi connectivity index (χ0n) is 10.6. The van der Waals surface area contributed by atoms with Crippen molar-refractivity contribution in [1.82, 2.24) is 4.98 Å². The van der Waals surface area contributed by atoms with Crippen molar-refractivity contribution in [3.05, 3.63) is 27.9 Å². The summed E-state index contributed by atoms with van der Waals surface area (Å²) in [5, 5.41) is 14.0. The van der Waals surface area contributed by atoms with Gasteiger partial charge in [-0.2, -0.15) is 0 Å². The first-order valence-corrected chi connectivity index (χ1v) is 5.99. The maximum Gasteiger partial charge on any atom is 0.311 e. The highest BCUT2D eigenvalue weighted by Crippen LogP contribution is 2.27. The number of nitro groups is 1. The first-order valence-electron chi connectivity index (χ1n) is 5.99. The van der Waals surface area contributed by atoms with Crippen LogP contribution in [0.3, 0.4) is 0 Å². The Hall–Kier alpha value is -1.69. The molecule has 2 heterocycles. The molecule has 0 saturated carbocycles. The van der Waals surface area contributed by atoms with Gasteiger partial charge in [0.15, 0.2) is 0 Å². The molecule has 98 valence electrons. The Morgan fingerprint density at radius 2 is 2.44 bits per heavy atom. The van der Waals surface area contributed by atoms with Crippen molar-refractivity contribution in [2.24, 2.45) is 0 Å². The zero-order valence-corrected chi connectivity index (χ0v) is 10.6. The third-order valence-electron chi connectivity index (χ3n) is 3.13. The van der Waals surface area contributed by atoms with Crippen LogP contribution in [-0.4, -0.2) is 28.7 Å². The maximum atomic E-state index is 10.9. The molecular formula is C12H17N3O3. The number of anilines is 1. The van der Waals surface area contributed by atoms with Crippen LogP contribution >= 0.6 is 0 Å². The summed E-state index contributed by atoms with van der Waals surface area (Å²) in [5.41, 5.74) is 0.535. The highest BCUT2D eigenvalue weighted by atomic mass is 16.6. The van der Waals surface area contributed by atoms with Crippen molar-refractivity contribution in [1.29, 1.82) is 0 Å². The van der Waals surface area contributed by atoms with Crippen LogP contribution in [0.2, 0.25) is 0 Å². The molecule has 0 bridgehead atoms. The number of hydrogen-bond donors (Lipinski definition) is 1. The molecule has 0 aliphatic carbocycles.